The molecule has 2 N–H and O–H groups in total. The molecule has 166 valence electrons. The van der Waals surface area contributed by atoms with Crippen LogP contribution in [0, 0.1) is 13.8 Å². The lowest BCUT2D eigenvalue weighted by Crippen LogP contribution is -2.41. The Labute approximate surface area is 190 Å². The standard InChI is InChI=1S/C23H23ClN4O4/c1-14-18(12-13-21(29)32-3)15(2)28(27-14)17-10-8-16(9-11-17)22(30)25-26-23(31)19-6-4-5-7-20(19)24/h4-11H,12-13H2,1-3H3,(H,25,30)(H,26,31). The highest BCUT2D eigenvalue weighted by Crippen LogP contribution is 2.20. The summed E-state index contributed by atoms with van der Waals surface area (Å²) in [6.07, 6.45) is 0.818. The van der Waals surface area contributed by atoms with E-state index in [9.17, 15) is 14.4 Å². The first kappa shape index (κ1) is 23.0. The number of carbonyl (C=O) groups excluding carboxylic acids is 3. The van der Waals surface area contributed by atoms with Crippen molar-refractivity contribution in [3.8, 4) is 5.69 Å². The van der Waals surface area contributed by atoms with Crippen LogP contribution in [0.1, 0.15) is 44.1 Å². The van der Waals surface area contributed by atoms with Crippen LogP contribution in [0.5, 0.6) is 0 Å². The van der Waals surface area contributed by atoms with Crippen molar-refractivity contribution in [1.82, 2.24) is 20.6 Å². The van der Waals surface area contributed by atoms with E-state index in [1.54, 1.807) is 53.2 Å². The van der Waals surface area contributed by atoms with Crippen LogP contribution in [0.4, 0.5) is 0 Å². The van der Waals surface area contributed by atoms with E-state index in [1.807, 2.05) is 13.8 Å². The minimum absolute atomic E-state index is 0.261. The number of hydrazine groups is 1. The van der Waals surface area contributed by atoms with Crippen molar-refractivity contribution in [1.29, 1.82) is 0 Å². The molecule has 3 rings (SSSR count). The number of ether oxygens (including phenoxy) is 1. The highest BCUT2D eigenvalue weighted by Gasteiger charge is 2.15. The first-order valence-electron chi connectivity index (χ1n) is 9.89. The molecule has 0 spiro atoms. The summed E-state index contributed by atoms with van der Waals surface area (Å²) in [5.74, 6) is -1.25. The molecule has 1 aromatic heterocycles. The fraction of sp³-hybridized carbons (Fsp3) is 0.217. The number of esters is 1. The number of hydrogen-bond acceptors (Lipinski definition) is 5. The summed E-state index contributed by atoms with van der Waals surface area (Å²) in [7, 11) is 1.37. The van der Waals surface area contributed by atoms with E-state index in [-0.39, 0.29) is 18.0 Å². The van der Waals surface area contributed by atoms with Crippen molar-refractivity contribution in [3.05, 3.63) is 81.6 Å². The van der Waals surface area contributed by atoms with Gasteiger partial charge in [-0.3, -0.25) is 25.2 Å². The van der Waals surface area contributed by atoms with Gasteiger partial charge in [0.15, 0.2) is 0 Å². The van der Waals surface area contributed by atoms with Gasteiger partial charge in [-0.05, 0) is 62.2 Å². The third kappa shape index (κ3) is 5.15. The number of rotatable bonds is 6. The van der Waals surface area contributed by atoms with Crippen LogP contribution < -0.4 is 10.9 Å². The van der Waals surface area contributed by atoms with Crippen molar-refractivity contribution in [2.24, 2.45) is 0 Å². The normalized spacial score (nSPS) is 10.5. The van der Waals surface area contributed by atoms with Crippen molar-refractivity contribution >= 4 is 29.4 Å². The van der Waals surface area contributed by atoms with Crippen LogP contribution in [0.3, 0.4) is 0 Å². The molecule has 9 heteroatoms. The maximum atomic E-state index is 12.4. The van der Waals surface area contributed by atoms with Gasteiger partial charge in [-0.15, -0.1) is 0 Å². The first-order chi connectivity index (χ1) is 15.3. The molecular formula is C23H23ClN4O4. The zero-order valence-electron chi connectivity index (χ0n) is 17.9. The Morgan fingerprint density at radius 2 is 1.66 bits per heavy atom. The lowest BCUT2D eigenvalue weighted by molar-refractivity contribution is -0.140. The number of nitrogens with zero attached hydrogens (tertiary/aromatic N) is 2. The van der Waals surface area contributed by atoms with Gasteiger partial charge in [-0.2, -0.15) is 5.10 Å². The lowest BCUT2D eigenvalue weighted by Gasteiger charge is -2.10. The molecule has 0 saturated heterocycles. The van der Waals surface area contributed by atoms with E-state index in [1.165, 1.54) is 7.11 Å². The Balaban J connectivity index is 1.67. The van der Waals surface area contributed by atoms with Crippen molar-refractivity contribution < 1.29 is 19.1 Å². The van der Waals surface area contributed by atoms with E-state index < -0.39 is 11.8 Å². The van der Waals surface area contributed by atoms with Crippen LogP contribution in [0.25, 0.3) is 5.69 Å². The maximum absolute atomic E-state index is 12.4. The van der Waals surface area contributed by atoms with Crippen LogP contribution in [0.2, 0.25) is 5.02 Å². The summed E-state index contributed by atoms with van der Waals surface area (Å²) in [5, 5.41) is 4.85. The summed E-state index contributed by atoms with van der Waals surface area (Å²) in [5.41, 5.74) is 8.85. The highest BCUT2D eigenvalue weighted by molar-refractivity contribution is 6.33. The number of halogens is 1. The fourth-order valence-electron chi connectivity index (χ4n) is 3.27. The molecule has 8 nitrogen and oxygen atoms in total. The topological polar surface area (TPSA) is 102 Å². The minimum atomic E-state index is -0.511. The zero-order chi connectivity index (χ0) is 23.3. The number of benzene rings is 2. The lowest BCUT2D eigenvalue weighted by atomic mass is 10.1. The van der Waals surface area contributed by atoms with E-state index in [0.717, 1.165) is 22.6 Å². The molecule has 0 saturated carbocycles. The van der Waals surface area contributed by atoms with Gasteiger partial charge in [0.25, 0.3) is 11.8 Å². The molecule has 3 aromatic rings. The third-order valence-electron chi connectivity index (χ3n) is 5.03. The molecule has 0 aliphatic rings. The van der Waals surface area contributed by atoms with E-state index >= 15 is 0 Å². The molecule has 2 amide bonds. The number of aromatic nitrogens is 2. The second kappa shape index (κ2) is 10.1. The van der Waals surface area contributed by atoms with Gasteiger partial charge in [0, 0.05) is 17.7 Å². The van der Waals surface area contributed by atoms with Gasteiger partial charge in [0.05, 0.1) is 29.1 Å². The molecule has 0 fully saturated rings. The number of hydrogen-bond donors (Lipinski definition) is 2. The van der Waals surface area contributed by atoms with Crippen molar-refractivity contribution in [2.45, 2.75) is 26.7 Å². The Bertz CT molecular complexity index is 1160. The molecule has 2 aromatic carbocycles. The third-order valence-corrected chi connectivity index (χ3v) is 5.36. The molecule has 0 bridgehead atoms. The molecule has 0 radical (unpaired) electrons. The average Bonchev–Trinajstić information content (AvgIpc) is 3.09. The largest absolute Gasteiger partial charge is 0.469 e. The number of methoxy groups -OCH3 is 1. The minimum Gasteiger partial charge on any atom is -0.469 e. The monoisotopic (exact) mass is 454 g/mol. The van der Waals surface area contributed by atoms with E-state index in [4.69, 9.17) is 16.3 Å². The average molecular weight is 455 g/mol. The van der Waals surface area contributed by atoms with Gasteiger partial charge < -0.3 is 4.74 Å². The summed E-state index contributed by atoms with van der Waals surface area (Å²) < 4.78 is 6.47. The smallest absolute Gasteiger partial charge is 0.305 e. The summed E-state index contributed by atoms with van der Waals surface area (Å²) in [6.45, 7) is 3.82. The van der Waals surface area contributed by atoms with Crippen LogP contribution in [-0.4, -0.2) is 34.7 Å². The number of aryl methyl sites for hydroxylation is 1. The highest BCUT2D eigenvalue weighted by atomic mass is 35.5. The van der Waals surface area contributed by atoms with Gasteiger partial charge in [0.2, 0.25) is 0 Å². The summed E-state index contributed by atoms with van der Waals surface area (Å²) in [4.78, 5) is 36.0. The fourth-order valence-corrected chi connectivity index (χ4v) is 3.49. The second-order valence-electron chi connectivity index (χ2n) is 7.07. The Morgan fingerprint density at radius 3 is 2.31 bits per heavy atom. The van der Waals surface area contributed by atoms with E-state index in [0.29, 0.717) is 17.0 Å². The molecule has 0 atom stereocenters. The Hall–Kier alpha value is -3.65. The van der Waals surface area contributed by atoms with Crippen LogP contribution >= 0.6 is 11.6 Å². The zero-order valence-corrected chi connectivity index (χ0v) is 18.7. The summed E-state index contributed by atoms with van der Waals surface area (Å²) >= 11 is 5.99. The van der Waals surface area contributed by atoms with Crippen LogP contribution in [0.15, 0.2) is 48.5 Å². The predicted octanol–water partition coefficient (Wildman–Crippen LogP) is 3.32. The number of carbonyl (C=O) groups is 3. The molecular weight excluding hydrogens is 432 g/mol. The maximum Gasteiger partial charge on any atom is 0.305 e. The van der Waals surface area contributed by atoms with Crippen molar-refractivity contribution in [2.75, 3.05) is 7.11 Å². The first-order valence-corrected chi connectivity index (χ1v) is 10.3. The Morgan fingerprint density at radius 1 is 1.00 bits per heavy atom. The SMILES string of the molecule is COC(=O)CCc1c(C)nn(-c2ccc(C(=O)NNC(=O)c3ccccc3Cl)cc2)c1C. The summed E-state index contributed by atoms with van der Waals surface area (Å²) in [6, 6.07) is 13.3. The second-order valence-corrected chi connectivity index (χ2v) is 7.48. The molecule has 32 heavy (non-hydrogen) atoms. The number of nitrogens with one attached hydrogen (secondary N) is 2. The predicted molar refractivity (Wildman–Crippen MR) is 120 cm³/mol. The van der Waals surface area contributed by atoms with Gasteiger partial charge in [0.1, 0.15) is 0 Å². The Kier molecular flexibility index (Phi) is 7.27. The molecule has 0 aliphatic carbocycles. The molecule has 0 aliphatic heterocycles. The molecule has 0 unspecified atom stereocenters. The van der Waals surface area contributed by atoms with E-state index in [2.05, 4.69) is 16.0 Å². The van der Waals surface area contributed by atoms with Gasteiger partial charge >= 0.3 is 5.97 Å². The van der Waals surface area contributed by atoms with Gasteiger partial charge in [-0.25, -0.2) is 4.68 Å². The quantitative estimate of drug-likeness (QED) is 0.439. The molecule has 1 heterocycles. The number of amides is 2. The van der Waals surface area contributed by atoms with Gasteiger partial charge in [-0.1, -0.05) is 23.7 Å². The van der Waals surface area contributed by atoms with Crippen LogP contribution in [-0.2, 0) is 16.0 Å². The van der Waals surface area contributed by atoms with Crippen molar-refractivity contribution in [3.63, 3.8) is 0 Å².